The van der Waals surface area contributed by atoms with E-state index in [0.29, 0.717) is 0 Å². The van der Waals surface area contributed by atoms with Gasteiger partial charge >= 0.3 is 0 Å². The number of imidazole rings is 1. The number of carbonyl (C=O) groups is 1. The number of pyridine rings is 1. The van der Waals surface area contributed by atoms with Gasteiger partial charge in [-0.05, 0) is 30.7 Å². The van der Waals surface area contributed by atoms with E-state index < -0.39 is 0 Å². The van der Waals surface area contributed by atoms with Crippen LogP contribution in [0.1, 0.15) is 28.9 Å². The Balaban J connectivity index is 2.03. The smallest absolute Gasteiger partial charge is 0.252 e. The van der Waals surface area contributed by atoms with Crippen molar-refractivity contribution in [3.05, 3.63) is 59.9 Å². The predicted molar refractivity (Wildman–Crippen MR) is 76.5 cm³/mol. The number of carbonyl (C=O) groups excluding carboxylic acids is 1. The van der Waals surface area contributed by atoms with Crippen LogP contribution in [0.15, 0.2) is 48.8 Å². The summed E-state index contributed by atoms with van der Waals surface area (Å²) in [6, 6.07) is 11.8. The number of benzene rings is 1. The summed E-state index contributed by atoms with van der Waals surface area (Å²) in [7, 11) is 0. The summed E-state index contributed by atoms with van der Waals surface area (Å²) in [5, 5.41) is 2.96. The molecule has 1 aliphatic rings. The maximum atomic E-state index is 11.9. The molecule has 1 N–H and O–H groups in total. The zero-order valence-electron chi connectivity index (χ0n) is 11.0. The lowest BCUT2D eigenvalue weighted by atomic mass is 9.97. The summed E-state index contributed by atoms with van der Waals surface area (Å²) in [6.07, 6.45) is 3.85. The molecule has 2 aromatic heterocycles. The van der Waals surface area contributed by atoms with Crippen LogP contribution in [0.3, 0.4) is 0 Å². The van der Waals surface area contributed by atoms with Crippen LogP contribution in [-0.4, -0.2) is 15.3 Å². The molecular formula is C16H13N3O. The Morgan fingerprint density at radius 1 is 1.15 bits per heavy atom. The molecule has 4 rings (SSSR count). The maximum absolute atomic E-state index is 11.9. The number of hydrogen-bond donors (Lipinski definition) is 1. The average Bonchev–Trinajstić information content (AvgIpc) is 3.01. The van der Waals surface area contributed by atoms with E-state index in [1.807, 2.05) is 60.1 Å². The lowest BCUT2D eigenvalue weighted by Crippen LogP contribution is -2.16. The van der Waals surface area contributed by atoms with E-state index in [0.717, 1.165) is 28.0 Å². The standard InChI is InChI=1S/C16H13N3O/c1-10-15-11(5-4-6-12(15)16(20)18-10)13-9-17-14-7-2-3-8-19(13)14/h2-10H,1H3,(H,18,20). The van der Waals surface area contributed by atoms with Gasteiger partial charge in [0, 0.05) is 17.3 Å². The zero-order valence-corrected chi connectivity index (χ0v) is 11.0. The summed E-state index contributed by atoms with van der Waals surface area (Å²) < 4.78 is 2.05. The molecule has 1 aromatic carbocycles. The van der Waals surface area contributed by atoms with Gasteiger partial charge in [0.1, 0.15) is 5.65 Å². The van der Waals surface area contributed by atoms with E-state index in [2.05, 4.69) is 10.3 Å². The molecule has 3 aromatic rings. The molecule has 1 atom stereocenters. The van der Waals surface area contributed by atoms with Crippen molar-refractivity contribution in [3.8, 4) is 11.3 Å². The number of rotatable bonds is 1. The third-order valence-corrected chi connectivity index (χ3v) is 3.82. The average molecular weight is 263 g/mol. The van der Waals surface area contributed by atoms with Crippen molar-refractivity contribution in [1.29, 1.82) is 0 Å². The van der Waals surface area contributed by atoms with Gasteiger partial charge in [-0.25, -0.2) is 4.98 Å². The lowest BCUT2D eigenvalue weighted by Gasteiger charge is -2.10. The number of amides is 1. The largest absolute Gasteiger partial charge is 0.345 e. The minimum absolute atomic E-state index is 0.00294. The summed E-state index contributed by atoms with van der Waals surface area (Å²) in [4.78, 5) is 16.4. The van der Waals surface area contributed by atoms with Crippen molar-refractivity contribution in [2.75, 3.05) is 0 Å². The Morgan fingerprint density at radius 2 is 2.00 bits per heavy atom. The fraction of sp³-hybridized carbons (Fsp3) is 0.125. The third-order valence-electron chi connectivity index (χ3n) is 3.82. The Bertz CT molecular complexity index is 835. The molecule has 0 aliphatic carbocycles. The highest BCUT2D eigenvalue weighted by Crippen LogP contribution is 2.34. The zero-order chi connectivity index (χ0) is 13.7. The molecule has 1 aliphatic heterocycles. The fourth-order valence-corrected chi connectivity index (χ4v) is 2.93. The van der Waals surface area contributed by atoms with Crippen molar-refractivity contribution >= 4 is 11.6 Å². The molecule has 0 bridgehead atoms. The molecule has 4 heteroatoms. The molecule has 20 heavy (non-hydrogen) atoms. The van der Waals surface area contributed by atoms with E-state index in [1.54, 1.807) is 0 Å². The van der Waals surface area contributed by atoms with Gasteiger partial charge in [0.05, 0.1) is 17.9 Å². The topological polar surface area (TPSA) is 46.4 Å². The second-order valence-corrected chi connectivity index (χ2v) is 5.03. The SMILES string of the molecule is CC1NC(=O)c2cccc(-c3cnc4ccccn34)c21. The van der Waals surface area contributed by atoms with Crippen LogP contribution in [0, 0.1) is 0 Å². The van der Waals surface area contributed by atoms with Gasteiger partial charge in [0.2, 0.25) is 0 Å². The van der Waals surface area contributed by atoms with Gasteiger partial charge in [-0.3, -0.25) is 9.20 Å². The molecule has 0 saturated heterocycles. The molecule has 3 heterocycles. The second kappa shape index (κ2) is 3.93. The summed E-state index contributed by atoms with van der Waals surface area (Å²) in [5.74, 6) is 0.00294. The van der Waals surface area contributed by atoms with Crippen molar-refractivity contribution in [1.82, 2.24) is 14.7 Å². The van der Waals surface area contributed by atoms with Crippen LogP contribution in [0.5, 0.6) is 0 Å². The van der Waals surface area contributed by atoms with E-state index in [4.69, 9.17) is 0 Å². The summed E-state index contributed by atoms with van der Waals surface area (Å²) in [6.45, 7) is 2.01. The van der Waals surface area contributed by atoms with Crippen LogP contribution >= 0.6 is 0 Å². The molecule has 98 valence electrons. The molecule has 1 unspecified atom stereocenters. The van der Waals surface area contributed by atoms with Crippen LogP contribution in [0.4, 0.5) is 0 Å². The molecule has 4 nitrogen and oxygen atoms in total. The first-order valence-electron chi connectivity index (χ1n) is 6.62. The van der Waals surface area contributed by atoms with Gasteiger partial charge in [-0.1, -0.05) is 18.2 Å². The molecule has 0 saturated carbocycles. The molecular weight excluding hydrogens is 250 g/mol. The minimum atomic E-state index is 0.00294. The molecule has 1 amide bonds. The van der Waals surface area contributed by atoms with E-state index in [-0.39, 0.29) is 11.9 Å². The first-order chi connectivity index (χ1) is 9.75. The Morgan fingerprint density at radius 3 is 2.90 bits per heavy atom. The van der Waals surface area contributed by atoms with Crippen LogP contribution in [-0.2, 0) is 0 Å². The van der Waals surface area contributed by atoms with Crippen LogP contribution in [0.2, 0.25) is 0 Å². The highest BCUT2D eigenvalue weighted by atomic mass is 16.2. The Labute approximate surface area is 116 Å². The number of nitrogens with zero attached hydrogens (tertiary/aromatic N) is 2. The van der Waals surface area contributed by atoms with Gasteiger partial charge in [0.15, 0.2) is 0 Å². The first kappa shape index (κ1) is 11.2. The Hall–Kier alpha value is -2.62. The van der Waals surface area contributed by atoms with Gasteiger partial charge < -0.3 is 5.32 Å². The van der Waals surface area contributed by atoms with E-state index in [9.17, 15) is 4.79 Å². The molecule has 0 radical (unpaired) electrons. The monoisotopic (exact) mass is 263 g/mol. The van der Waals surface area contributed by atoms with E-state index in [1.165, 1.54) is 0 Å². The quantitative estimate of drug-likeness (QED) is 0.733. The van der Waals surface area contributed by atoms with Gasteiger partial charge in [-0.2, -0.15) is 0 Å². The second-order valence-electron chi connectivity index (χ2n) is 5.03. The summed E-state index contributed by atoms with van der Waals surface area (Å²) >= 11 is 0. The van der Waals surface area contributed by atoms with Crippen molar-refractivity contribution < 1.29 is 4.79 Å². The molecule has 0 spiro atoms. The van der Waals surface area contributed by atoms with Crippen molar-refractivity contribution in [2.24, 2.45) is 0 Å². The van der Waals surface area contributed by atoms with Gasteiger partial charge in [0.25, 0.3) is 5.91 Å². The van der Waals surface area contributed by atoms with Crippen molar-refractivity contribution in [2.45, 2.75) is 13.0 Å². The highest BCUT2D eigenvalue weighted by Gasteiger charge is 2.28. The fourth-order valence-electron chi connectivity index (χ4n) is 2.93. The first-order valence-corrected chi connectivity index (χ1v) is 6.62. The Kier molecular flexibility index (Phi) is 2.21. The number of hydrogen-bond acceptors (Lipinski definition) is 2. The minimum Gasteiger partial charge on any atom is -0.345 e. The third kappa shape index (κ3) is 1.42. The highest BCUT2D eigenvalue weighted by molar-refractivity contribution is 6.01. The van der Waals surface area contributed by atoms with Crippen LogP contribution < -0.4 is 5.32 Å². The number of fused-ring (bicyclic) bond motifs is 2. The maximum Gasteiger partial charge on any atom is 0.252 e. The predicted octanol–water partition coefficient (Wildman–Crippen LogP) is 2.81. The normalized spacial score (nSPS) is 17.2. The van der Waals surface area contributed by atoms with Crippen molar-refractivity contribution in [3.63, 3.8) is 0 Å². The van der Waals surface area contributed by atoms with E-state index >= 15 is 0 Å². The number of nitrogens with one attached hydrogen (secondary N) is 1. The number of aromatic nitrogens is 2. The summed E-state index contributed by atoms with van der Waals surface area (Å²) in [5.41, 5.74) is 4.81. The van der Waals surface area contributed by atoms with Gasteiger partial charge in [-0.15, -0.1) is 0 Å². The molecule has 0 fully saturated rings. The van der Waals surface area contributed by atoms with Crippen LogP contribution in [0.25, 0.3) is 16.9 Å². The lowest BCUT2D eigenvalue weighted by molar-refractivity contribution is 0.0958.